The first-order chi connectivity index (χ1) is 19.0. The summed E-state index contributed by atoms with van der Waals surface area (Å²) in [7, 11) is -4.13. The number of carbonyl (C=O) groups excluding carboxylic acids is 2. The normalized spacial score (nSPS) is 12.1. The van der Waals surface area contributed by atoms with E-state index in [1.54, 1.807) is 73.7 Å². The molecule has 0 unspecified atom stereocenters. The van der Waals surface area contributed by atoms with Crippen LogP contribution in [0.5, 0.6) is 5.75 Å². The molecular weight excluding hydrogens is 550 g/mol. The van der Waals surface area contributed by atoms with Gasteiger partial charge < -0.3 is 15.0 Å². The summed E-state index contributed by atoms with van der Waals surface area (Å²) < 4.78 is 34.2. The maximum Gasteiger partial charge on any atom is 0.264 e. The highest BCUT2D eigenvalue weighted by Gasteiger charge is 2.32. The third-order valence-electron chi connectivity index (χ3n) is 6.16. The molecule has 2 amide bonds. The van der Waals surface area contributed by atoms with Crippen molar-refractivity contribution in [3.63, 3.8) is 0 Å². The van der Waals surface area contributed by atoms with E-state index in [9.17, 15) is 18.0 Å². The fourth-order valence-corrected chi connectivity index (χ4v) is 5.51. The summed E-state index contributed by atoms with van der Waals surface area (Å²) in [5.74, 6) is -0.0535. The molecule has 0 saturated carbocycles. The number of halogens is 1. The number of anilines is 1. The molecule has 0 spiro atoms. The fourth-order valence-electron chi connectivity index (χ4n) is 3.95. The third kappa shape index (κ3) is 8.22. The highest BCUT2D eigenvalue weighted by molar-refractivity contribution is 7.92. The molecule has 3 aromatic rings. The predicted octanol–water partition coefficient (Wildman–Crippen LogP) is 5.12. The predicted molar refractivity (Wildman–Crippen MR) is 158 cm³/mol. The molecule has 214 valence electrons. The molecule has 8 nitrogen and oxygen atoms in total. The van der Waals surface area contributed by atoms with Gasteiger partial charge in [0.15, 0.2) is 0 Å². The second-order valence-electron chi connectivity index (χ2n) is 9.71. The van der Waals surface area contributed by atoms with E-state index in [4.69, 9.17) is 16.3 Å². The highest BCUT2D eigenvalue weighted by Crippen LogP contribution is 2.26. The van der Waals surface area contributed by atoms with Gasteiger partial charge in [-0.2, -0.15) is 0 Å². The number of hydrogen-bond acceptors (Lipinski definition) is 5. The van der Waals surface area contributed by atoms with Crippen LogP contribution in [0.2, 0.25) is 5.02 Å². The second kappa shape index (κ2) is 14.2. The van der Waals surface area contributed by atoms with Crippen molar-refractivity contribution in [3.05, 3.63) is 89.4 Å². The summed E-state index contributed by atoms with van der Waals surface area (Å²) in [6.45, 7) is 7.93. The van der Waals surface area contributed by atoms with Crippen LogP contribution in [-0.4, -0.2) is 50.9 Å². The molecular formula is C30H36ClN3O5S. The van der Waals surface area contributed by atoms with E-state index in [-0.39, 0.29) is 23.3 Å². The number of benzene rings is 3. The van der Waals surface area contributed by atoms with Crippen molar-refractivity contribution in [2.24, 2.45) is 5.92 Å². The van der Waals surface area contributed by atoms with Gasteiger partial charge in [0.2, 0.25) is 11.8 Å². The monoisotopic (exact) mass is 585 g/mol. The van der Waals surface area contributed by atoms with E-state index in [2.05, 4.69) is 5.32 Å². The van der Waals surface area contributed by atoms with E-state index >= 15 is 0 Å². The summed E-state index contributed by atoms with van der Waals surface area (Å²) >= 11 is 6.04. The average Bonchev–Trinajstić information content (AvgIpc) is 2.95. The van der Waals surface area contributed by atoms with Crippen molar-refractivity contribution in [2.75, 3.05) is 24.0 Å². The van der Waals surface area contributed by atoms with Gasteiger partial charge in [-0.3, -0.25) is 13.9 Å². The Hall–Kier alpha value is -3.56. The second-order valence-corrected chi connectivity index (χ2v) is 12.0. The Labute approximate surface area is 241 Å². The lowest BCUT2D eigenvalue weighted by Gasteiger charge is -2.32. The van der Waals surface area contributed by atoms with E-state index in [1.807, 2.05) is 20.8 Å². The number of carbonyl (C=O) groups is 2. The first-order valence-corrected chi connectivity index (χ1v) is 15.0. The first kappa shape index (κ1) is 31.0. The minimum absolute atomic E-state index is 0.0451. The van der Waals surface area contributed by atoms with Gasteiger partial charge in [-0.25, -0.2) is 8.42 Å². The van der Waals surface area contributed by atoms with Crippen LogP contribution in [0.25, 0.3) is 0 Å². The van der Waals surface area contributed by atoms with Crippen LogP contribution in [-0.2, 0) is 26.2 Å². The van der Waals surface area contributed by atoms with Crippen molar-refractivity contribution < 1.29 is 22.7 Å². The Morgan fingerprint density at radius 2 is 1.55 bits per heavy atom. The smallest absolute Gasteiger partial charge is 0.264 e. The number of rotatable bonds is 13. The SMILES string of the molecule is CCOc1ccc(N(CC(=O)N(Cc2ccc(Cl)cc2)[C@@H](C)C(=O)NCC(C)C)S(=O)(=O)c2ccccc2)cc1. The molecule has 0 aliphatic carbocycles. The molecule has 0 bridgehead atoms. The van der Waals surface area contributed by atoms with E-state index < -0.39 is 28.5 Å². The summed E-state index contributed by atoms with van der Waals surface area (Å²) in [5, 5.41) is 3.41. The van der Waals surface area contributed by atoms with Crippen LogP contribution in [0.3, 0.4) is 0 Å². The molecule has 0 radical (unpaired) electrons. The van der Waals surface area contributed by atoms with Crippen LogP contribution >= 0.6 is 11.6 Å². The van der Waals surface area contributed by atoms with E-state index in [0.29, 0.717) is 29.6 Å². The van der Waals surface area contributed by atoms with Crippen molar-refractivity contribution in [1.82, 2.24) is 10.2 Å². The molecule has 3 aromatic carbocycles. The lowest BCUT2D eigenvalue weighted by molar-refractivity contribution is -0.139. The standard InChI is InChI=1S/C30H36ClN3O5S/c1-5-39-27-17-15-26(16-18-27)34(40(37,38)28-9-7-6-8-10-28)21-29(35)33(20-24-11-13-25(31)14-12-24)23(4)30(36)32-19-22(2)3/h6-18,22-23H,5,19-21H2,1-4H3,(H,32,36)/t23-/m0/s1. The van der Waals surface area contributed by atoms with Crippen LogP contribution in [0.1, 0.15) is 33.3 Å². The number of nitrogens with one attached hydrogen (secondary N) is 1. The van der Waals surface area contributed by atoms with Crippen LogP contribution in [0.15, 0.2) is 83.8 Å². The van der Waals surface area contributed by atoms with Gasteiger partial charge in [-0.15, -0.1) is 0 Å². The van der Waals surface area contributed by atoms with Gasteiger partial charge in [-0.1, -0.05) is 55.8 Å². The quantitative estimate of drug-likeness (QED) is 0.300. The molecule has 1 atom stereocenters. The zero-order valence-corrected chi connectivity index (χ0v) is 24.8. The maximum absolute atomic E-state index is 13.9. The average molecular weight is 586 g/mol. The highest BCUT2D eigenvalue weighted by atomic mass is 35.5. The molecule has 3 rings (SSSR count). The summed E-state index contributed by atoms with van der Waals surface area (Å²) in [6, 6.07) is 20.5. The Kier molecular flexibility index (Phi) is 11.0. The van der Waals surface area contributed by atoms with Gasteiger partial charge in [0.1, 0.15) is 18.3 Å². The number of hydrogen-bond donors (Lipinski definition) is 1. The van der Waals surface area contributed by atoms with Gasteiger partial charge in [0.05, 0.1) is 17.2 Å². The molecule has 40 heavy (non-hydrogen) atoms. The molecule has 10 heteroatoms. The lowest BCUT2D eigenvalue weighted by Crippen LogP contribution is -2.51. The van der Waals surface area contributed by atoms with Crippen LogP contribution in [0.4, 0.5) is 5.69 Å². The maximum atomic E-state index is 13.9. The first-order valence-electron chi connectivity index (χ1n) is 13.1. The van der Waals surface area contributed by atoms with Crippen LogP contribution < -0.4 is 14.4 Å². The van der Waals surface area contributed by atoms with Crippen LogP contribution in [0, 0.1) is 5.92 Å². The van der Waals surface area contributed by atoms with Crippen molar-refractivity contribution in [2.45, 2.75) is 45.2 Å². The van der Waals surface area contributed by atoms with Gasteiger partial charge in [-0.05, 0) is 73.9 Å². The largest absolute Gasteiger partial charge is 0.494 e. The third-order valence-corrected chi connectivity index (χ3v) is 8.20. The van der Waals surface area contributed by atoms with Crippen molar-refractivity contribution in [3.8, 4) is 5.75 Å². The zero-order chi connectivity index (χ0) is 29.3. The number of sulfonamides is 1. The fraction of sp³-hybridized carbons (Fsp3) is 0.333. The van der Waals surface area contributed by atoms with Crippen molar-refractivity contribution in [1.29, 1.82) is 0 Å². The Morgan fingerprint density at radius 1 is 0.925 bits per heavy atom. The number of ether oxygens (including phenoxy) is 1. The number of nitrogens with zero attached hydrogens (tertiary/aromatic N) is 2. The number of amides is 2. The summed E-state index contributed by atoms with van der Waals surface area (Å²) in [6.07, 6.45) is 0. The van der Waals surface area contributed by atoms with Gasteiger partial charge >= 0.3 is 0 Å². The molecule has 0 heterocycles. The Balaban J connectivity index is 1.99. The lowest BCUT2D eigenvalue weighted by atomic mass is 10.1. The zero-order valence-electron chi connectivity index (χ0n) is 23.2. The van der Waals surface area contributed by atoms with Gasteiger partial charge in [0.25, 0.3) is 10.0 Å². The molecule has 0 aliphatic rings. The molecule has 0 fully saturated rings. The molecule has 1 N–H and O–H groups in total. The van der Waals surface area contributed by atoms with E-state index in [1.165, 1.54) is 17.0 Å². The Bertz CT molecular complexity index is 1360. The summed E-state index contributed by atoms with van der Waals surface area (Å²) in [4.78, 5) is 28.4. The Morgan fingerprint density at radius 3 is 2.12 bits per heavy atom. The van der Waals surface area contributed by atoms with Gasteiger partial charge in [0, 0.05) is 18.1 Å². The van der Waals surface area contributed by atoms with E-state index in [0.717, 1.165) is 9.87 Å². The molecule has 0 saturated heterocycles. The molecule has 0 aromatic heterocycles. The topological polar surface area (TPSA) is 96.0 Å². The van der Waals surface area contributed by atoms with Crippen molar-refractivity contribution >= 4 is 39.1 Å². The minimum Gasteiger partial charge on any atom is -0.494 e. The molecule has 0 aliphatic heterocycles. The minimum atomic E-state index is -4.13. The summed E-state index contributed by atoms with van der Waals surface area (Å²) in [5.41, 5.74) is 1.05.